The SMILES string of the molecule is CS(=O)(=O)O.O=CO.OCCC#CCCO. The van der Waals surface area contributed by atoms with Gasteiger partial charge in [0.1, 0.15) is 0 Å². The lowest BCUT2D eigenvalue weighted by Crippen LogP contribution is -1.88. The van der Waals surface area contributed by atoms with Gasteiger partial charge < -0.3 is 15.3 Å². The minimum absolute atomic E-state index is 0.110. The van der Waals surface area contributed by atoms with Crippen LogP contribution in [0.15, 0.2) is 0 Å². The van der Waals surface area contributed by atoms with E-state index >= 15 is 0 Å². The molecule has 0 aromatic rings. The summed E-state index contributed by atoms with van der Waals surface area (Å²) in [5.74, 6) is 5.35. The van der Waals surface area contributed by atoms with E-state index in [0.717, 1.165) is 0 Å². The molecule has 0 fully saturated rings. The topological polar surface area (TPSA) is 132 Å². The number of rotatable bonds is 2. The fraction of sp³-hybridized carbons (Fsp3) is 0.625. The first kappa shape index (κ1) is 20.3. The van der Waals surface area contributed by atoms with Crippen molar-refractivity contribution in [3.05, 3.63) is 0 Å². The molecule has 0 heterocycles. The van der Waals surface area contributed by atoms with Crippen LogP contribution in [0, 0.1) is 11.8 Å². The number of hydrogen-bond acceptors (Lipinski definition) is 5. The van der Waals surface area contributed by atoms with E-state index in [1.54, 1.807) is 0 Å². The Bertz CT molecular complexity index is 267. The third-order valence-corrected chi connectivity index (χ3v) is 0.599. The van der Waals surface area contributed by atoms with Crippen LogP contribution in [0.4, 0.5) is 0 Å². The van der Waals surface area contributed by atoms with Gasteiger partial charge in [0, 0.05) is 12.8 Å². The molecule has 0 aromatic carbocycles. The van der Waals surface area contributed by atoms with Gasteiger partial charge in [-0.3, -0.25) is 9.35 Å². The Labute approximate surface area is 94.5 Å². The minimum Gasteiger partial charge on any atom is -0.483 e. The van der Waals surface area contributed by atoms with E-state index in [1.807, 2.05) is 0 Å². The van der Waals surface area contributed by atoms with E-state index in [4.69, 9.17) is 24.7 Å². The molecule has 0 aliphatic carbocycles. The first-order chi connectivity index (χ1) is 7.33. The lowest BCUT2D eigenvalue weighted by molar-refractivity contribution is -0.122. The first-order valence-electron chi connectivity index (χ1n) is 4.01. The molecule has 0 aromatic heterocycles. The summed E-state index contributed by atoms with van der Waals surface area (Å²) in [5.41, 5.74) is 0. The zero-order chi connectivity index (χ0) is 13.4. The van der Waals surface area contributed by atoms with Crippen LogP contribution in [0.25, 0.3) is 0 Å². The highest BCUT2D eigenvalue weighted by Gasteiger charge is 1.81. The van der Waals surface area contributed by atoms with Gasteiger partial charge in [0.05, 0.1) is 19.5 Å². The van der Waals surface area contributed by atoms with E-state index < -0.39 is 10.1 Å². The second-order valence-corrected chi connectivity index (χ2v) is 3.61. The summed E-state index contributed by atoms with van der Waals surface area (Å²) in [4.78, 5) is 8.36. The van der Waals surface area contributed by atoms with Crippen molar-refractivity contribution in [2.75, 3.05) is 19.5 Å². The number of carboxylic acid groups (broad SMARTS) is 1. The third-order valence-electron chi connectivity index (χ3n) is 0.599. The van der Waals surface area contributed by atoms with Gasteiger partial charge in [0.25, 0.3) is 16.6 Å². The third kappa shape index (κ3) is 121. The van der Waals surface area contributed by atoms with Gasteiger partial charge in [-0.15, -0.1) is 11.8 Å². The summed E-state index contributed by atoms with van der Waals surface area (Å²) in [6.45, 7) is -0.0309. The summed E-state index contributed by atoms with van der Waals surface area (Å²) < 4.78 is 25.9. The zero-order valence-electron chi connectivity index (χ0n) is 8.83. The molecule has 0 saturated carbocycles. The van der Waals surface area contributed by atoms with E-state index in [1.165, 1.54) is 0 Å². The molecular weight excluding hydrogens is 240 g/mol. The predicted molar refractivity (Wildman–Crippen MR) is 57.3 cm³/mol. The molecule has 0 amide bonds. The molecule has 0 spiro atoms. The van der Waals surface area contributed by atoms with E-state index in [9.17, 15) is 8.42 Å². The van der Waals surface area contributed by atoms with Crippen molar-refractivity contribution in [3.8, 4) is 11.8 Å². The molecule has 0 aliphatic heterocycles. The van der Waals surface area contributed by atoms with Crippen molar-refractivity contribution in [1.29, 1.82) is 0 Å². The molecule has 0 saturated heterocycles. The Hall–Kier alpha value is -1.14. The molecule has 0 radical (unpaired) electrons. The standard InChI is InChI=1S/C6H10O2.CH4O3S.CH2O2/c7-5-3-1-2-4-6-8;1-5(2,3)4;2-1-3/h7-8H,3-6H2;1H3,(H,2,3,4);1H,(H,2,3). The maximum Gasteiger partial charge on any atom is 0.290 e. The molecular formula is C8H16O7S. The molecule has 0 unspecified atom stereocenters. The number of aliphatic hydroxyl groups is 2. The number of aliphatic hydroxyl groups excluding tert-OH is 2. The van der Waals surface area contributed by atoms with Crippen molar-refractivity contribution in [2.45, 2.75) is 12.8 Å². The monoisotopic (exact) mass is 256 g/mol. The Morgan fingerprint density at radius 2 is 1.31 bits per heavy atom. The Morgan fingerprint density at radius 3 is 1.44 bits per heavy atom. The van der Waals surface area contributed by atoms with E-state index in [-0.39, 0.29) is 19.7 Å². The molecule has 16 heavy (non-hydrogen) atoms. The van der Waals surface area contributed by atoms with Crippen LogP contribution in [0.1, 0.15) is 12.8 Å². The highest BCUT2D eigenvalue weighted by Crippen LogP contribution is 1.73. The van der Waals surface area contributed by atoms with Crippen LogP contribution in [-0.2, 0) is 14.9 Å². The van der Waals surface area contributed by atoms with Crippen molar-refractivity contribution in [2.24, 2.45) is 0 Å². The molecule has 8 heteroatoms. The summed E-state index contributed by atoms with van der Waals surface area (Å²) in [5, 5.41) is 23.3. The molecule has 0 atom stereocenters. The van der Waals surface area contributed by atoms with Crippen LogP contribution in [0.2, 0.25) is 0 Å². The highest BCUT2D eigenvalue weighted by atomic mass is 32.2. The lowest BCUT2D eigenvalue weighted by atomic mass is 10.4. The van der Waals surface area contributed by atoms with Gasteiger partial charge >= 0.3 is 0 Å². The molecule has 7 nitrogen and oxygen atoms in total. The maximum absolute atomic E-state index is 9.19. The Kier molecular flexibility index (Phi) is 20.7. The summed E-state index contributed by atoms with van der Waals surface area (Å²) >= 11 is 0. The lowest BCUT2D eigenvalue weighted by Gasteiger charge is -1.78. The van der Waals surface area contributed by atoms with Gasteiger partial charge in [-0.1, -0.05) is 0 Å². The van der Waals surface area contributed by atoms with E-state index in [2.05, 4.69) is 11.8 Å². The van der Waals surface area contributed by atoms with Crippen LogP contribution < -0.4 is 0 Å². The molecule has 4 N–H and O–H groups in total. The van der Waals surface area contributed by atoms with Gasteiger partial charge in [0.2, 0.25) is 0 Å². The molecule has 96 valence electrons. The van der Waals surface area contributed by atoms with Crippen LogP contribution in [-0.4, -0.2) is 54.2 Å². The fourth-order valence-electron chi connectivity index (χ4n) is 0.289. The largest absolute Gasteiger partial charge is 0.483 e. The van der Waals surface area contributed by atoms with E-state index in [0.29, 0.717) is 19.1 Å². The second kappa shape index (κ2) is 16.3. The van der Waals surface area contributed by atoms with Crippen LogP contribution >= 0.6 is 0 Å². The average Bonchev–Trinajstić information content (AvgIpc) is 2.11. The minimum atomic E-state index is -3.67. The molecule has 0 aliphatic rings. The summed E-state index contributed by atoms with van der Waals surface area (Å²) in [6.07, 6.45) is 1.74. The summed E-state index contributed by atoms with van der Waals surface area (Å²) in [7, 11) is -3.67. The van der Waals surface area contributed by atoms with Gasteiger partial charge in [-0.05, 0) is 0 Å². The second-order valence-electron chi connectivity index (χ2n) is 2.14. The van der Waals surface area contributed by atoms with Gasteiger partial charge in [0.15, 0.2) is 0 Å². The maximum atomic E-state index is 9.19. The van der Waals surface area contributed by atoms with Crippen LogP contribution in [0.3, 0.4) is 0 Å². The van der Waals surface area contributed by atoms with Crippen molar-refractivity contribution >= 4 is 16.6 Å². The quantitative estimate of drug-likeness (QED) is 0.282. The fourth-order valence-corrected chi connectivity index (χ4v) is 0.289. The highest BCUT2D eigenvalue weighted by molar-refractivity contribution is 7.85. The average molecular weight is 256 g/mol. The normalized spacial score (nSPS) is 8.25. The van der Waals surface area contributed by atoms with Gasteiger partial charge in [-0.25, -0.2) is 0 Å². The summed E-state index contributed by atoms with van der Waals surface area (Å²) in [6, 6.07) is 0. The number of hydrogen-bond donors (Lipinski definition) is 4. The Morgan fingerprint density at radius 1 is 1.12 bits per heavy atom. The van der Waals surface area contributed by atoms with Crippen molar-refractivity contribution in [3.63, 3.8) is 0 Å². The molecule has 0 rings (SSSR count). The Balaban J connectivity index is -0.000000181. The smallest absolute Gasteiger partial charge is 0.290 e. The van der Waals surface area contributed by atoms with Crippen molar-refractivity contribution < 1.29 is 33.1 Å². The predicted octanol–water partition coefficient (Wildman–Crippen LogP) is -1.04. The van der Waals surface area contributed by atoms with Gasteiger partial charge in [-0.2, -0.15) is 8.42 Å². The number of carbonyl (C=O) groups is 1. The van der Waals surface area contributed by atoms with Crippen molar-refractivity contribution in [1.82, 2.24) is 0 Å². The zero-order valence-corrected chi connectivity index (χ0v) is 9.64. The van der Waals surface area contributed by atoms with Crippen LogP contribution in [0.5, 0.6) is 0 Å². The first-order valence-corrected chi connectivity index (χ1v) is 5.86. The molecule has 0 bridgehead atoms.